The van der Waals surface area contributed by atoms with Gasteiger partial charge in [0, 0.05) is 6.42 Å². The fraction of sp³-hybridized carbons (Fsp3) is 0.385. The monoisotopic (exact) mass is 234 g/mol. The molecular formula is C13H14O4. The van der Waals surface area contributed by atoms with Gasteiger partial charge in [-0.25, -0.2) is 0 Å². The Morgan fingerprint density at radius 3 is 2.94 bits per heavy atom. The molecule has 1 aliphatic rings. The predicted octanol–water partition coefficient (Wildman–Crippen LogP) is 1.93. The zero-order valence-electron chi connectivity index (χ0n) is 9.86. The van der Waals surface area contributed by atoms with Gasteiger partial charge in [0.1, 0.15) is 5.75 Å². The average molecular weight is 234 g/mol. The zero-order valence-corrected chi connectivity index (χ0v) is 9.86. The molecule has 2 rings (SSSR count). The van der Waals surface area contributed by atoms with E-state index >= 15 is 0 Å². The van der Waals surface area contributed by atoms with Gasteiger partial charge in [0.25, 0.3) is 0 Å². The van der Waals surface area contributed by atoms with E-state index < -0.39 is 0 Å². The van der Waals surface area contributed by atoms with Crippen molar-refractivity contribution in [2.24, 2.45) is 0 Å². The maximum absolute atomic E-state index is 11.6. The van der Waals surface area contributed by atoms with E-state index in [0.717, 1.165) is 5.56 Å². The number of hydrogen-bond donors (Lipinski definition) is 0. The topological polar surface area (TPSA) is 52.6 Å². The first kappa shape index (κ1) is 11.6. The SMILES string of the molecule is COC(=O)C(C)c1ccc2c(c1)OCCC2=O. The highest BCUT2D eigenvalue weighted by Gasteiger charge is 2.22. The third-order valence-corrected chi connectivity index (χ3v) is 2.95. The van der Waals surface area contributed by atoms with Crippen LogP contribution in [0.5, 0.6) is 5.75 Å². The van der Waals surface area contributed by atoms with Gasteiger partial charge in [0.2, 0.25) is 0 Å². The highest BCUT2D eigenvalue weighted by molar-refractivity contribution is 5.99. The minimum absolute atomic E-state index is 0.0866. The van der Waals surface area contributed by atoms with Crippen LogP contribution in [0.25, 0.3) is 0 Å². The van der Waals surface area contributed by atoms with Gasteiger partial charge in [-0.3, -0.25) is 9.59 Å². The quantitative estimate of drug-likeness (QED) is 0.734. The van der Waals surface area contributed by atoms with E-state index in [1.165, 1.54) is 7.11 Å². The summed E-state index contributed by atoms with van der Waals surface area (Å²) < 4.78 is 10.1. The Balaban J connectivity index is 2.33. The van der Waals surface area contributed by atoms with Crippen molar-refractivity contribution in [2.45, 2.75) is 19.3 Å². The summed E-state index contributed by atoms with van der Waals surface area (Å²) in [7, 11) is 1.36. The molecule has 0 N–H and O–H groups in total. The summed E-state index contributed by atoms with van der Waals surface area (Å²) in [6.07, 6.45) is 0.416. The van der Waals surface area contributed by atoms with Crippen molar-refractivity contribution in [3.8, 4) is 5.75 Å². The molecule has 4 nitrogen and oxygen atoms in total. The highest BCUT2D eigenvalue weighted by Crippen LogP contribution is 2.29. The van der Waals surface area contributed by atoms with Crippen LogP contribution in [0, 0.1) is 0 Å². The van der Waals surface area contributed by atoms with Crippen molar-refractivity contribution in [3.63, 3.8) is 0 Å². The summed E-state index contributed by atoms with van der Waals surface area (Å²) in [4.78, 5) is 23.0. The van der Waals surface area contributed by atoms with Gasteiger partial charge in [0.05, 0.1) is 25.2 Å². The van der Waals surface area contributed by atoms with Gasteiger partial charge < -0.3 is 9.47 Å². The minimum atomic E-state index is -0.356. The van der Waals surface area contributed by atoms with Crippen LogP contribution in [0.15, 0.2) is 18.2 Å². The predicted molar refractivity (Wildman–Crippen MR) is 61.3 cm³/mol. The standard InChI is InChI=1S/C13H14O4/c1-8(13(15)16-2)9-3-4-10-11(14)5-6-17-12(10)7-9/h3-4,7-8H,5-6H2,1-2H3. The van der Waals surface area contributed by atoms with Gasteiger partial charge in [0.15, 0.2) is 5.78 Å². The molecule has 1 atom stereocenters. The summed E-state index contributed by atoms with van der Waals surface area (Å²) in [6, 6.07) is 5.23. The molecule has 0 saturated carbocycles. The average Bonchev–Trinajstić information content (AvgIpc) is 2.37. The van der Waals surface area contributed by atoms with E-state index in [9.17, 15) is 9.59 Å². The second-order valence-electron chi connectivity index (χ2n) is 4.02. The second kappa shape index (κ2) is 4.57. The van der Waals surface area contributed by atoms with Gasteiger partial charge in [-0.05, 0) is 24.6 Å². The van der Waals surface area contributed by atoms with Crippen LogP contribution in [-0.4, -0.2) is 25.5 Å². The normalized spacial score (nSPS) is 15.8. The number of ether oxygens (including phenoxy) is 2. The molecule has 0 fully saturated rings. The van der Waals surface area contributed by atoms with Crippen LogP contribution < -0.4 is 4.74 Å². The molecule has 17 heavy (non-hydrogen) atoms. The number of rotatable bonds is 2. The van der Waals surface area contributed by atoms with Crippen LogP contribution in [-0.2, 0) is 9.53 Å². The van der Waals surface area contributed by atoms with Crippen molar-refractivity contribution in [2.75, 3.05) is 13.7 Å². The lowest BCUT2D eigenvalue weighted by Crippen LogP contribution is -2.16. The zero-order chi connectivity index (χ0) is 12.4. The number of benzene rings is 1. The molecule has 1 heterocycles. The minimum Gasteiger partial charge on any atom is -0.492 e. The summed E-state index contributed by atoms with van der Waals surface area (Å²) >= 11 is 0. The number of ketones is 1. The van der Waals surface area contributed by atoms with Crippen molar-refractivity contribution in [1.82, 2.24) is 0 Å². The molecule has 0 aliphatic carbocycles. The third kappa shape index (κ3) is 2.16. The molecule has 0 spiro atoms. The Morgan fingerprint density at radius 1 is 1.47 bits per heavy atom. The Hall–Kier alpha value is -1.84. The van der Waals surface area contributed by atoms with Gasteiger partial charge in [-0.1, -0.05) is 6.07 Å². The Kier molecular flexibility index (Phi) is 3.13. The first-order valence-corrected chi connectivity index (χ1v) is 5.51. The van der Waals surface area contributed by atoms with Crippen molar-refractivity contribution in [3.05, 3.63) is 29.3 Å². The van der Waals surface area contributed by atoms with Crippen molar-refractivity contribution in [1.29, 1.82) is 0 Å². The van der Waals surface area contributed by atoms with E-state index in [4.69, 9.17) is 4.74 Å². The number of carbonyl (C=O) groups is 2. The maximum atomic E-state index is 11.6. The number of carbonyl (C=O) groups excluding carboxylic acids is 2. The molecule has 0 amide bonds. The smallest absolute Gasteiger partial charge is 0.312 e. The Morgan fingerprint density at radius 2 is 2.24 bits per heavy atom. The summed E-state index contributed by atoms with van der Waals surface area (Å²) in [6.45, 7) is 2.17. The maximum Gasteiger partial charge on any atom is 0.312 e. The van der Waals surface area contributed by atoms with Crippen molar-refractivity contribution < 1.29 is 19.1 Å². The molecule has 0 radical (unpaired) electrons. The third-order valence-electron chi connectivity index (χ3n) is 2.95. The fourth-order valence-corrected chi connectivity index (χ4v) is 1.86. The second-order valence-corrected chi connectivity index (χ2v) is 4.02. The lowest BCUT2D eigenvalue weighted by molar-refractivity contribution is -0.141. The molecule has 1 aromatic carbocycles. The van der Waals surface area contributed by atoms with E-state index in [1.807, 2.05) is 0 Å². The first-order valence-electron chi connectivity index (χ1n) is 5.51. The van der Waals surface area contributed by atoms with Crippen LogP contribution in [0.4, 0.5) is 0 Å². The molecule has 1 unspecified atom stereocenters. The van der Waals surface area contributed by atoms with Crippen molar-refractivity contribution >= 4 is 11.8 Å². The molecule has 0 aromatic heterocycles. The summed E-state index contributed by atoms with van der Waals surface area (Å²) in [5.74, 6) is -0.00367. The number of methoxy groups -OCH3 is 1. The van der Waals surface area contributed by atoms with E-state index in [2.05, 4.69) is 4.74 Å². The number of esters is 1. The van der Waals surface area contributed by atoms with Crippen LogP contribution in [0.3, 0.4) is 0 Å². The van der Waals surface area contributed by atoms with Gasteiger partial charge in [-0.15, -0.1) is 0 Å². The lowest BCUT2D eigenvalue weighted by atomic mass is 9.96. The summed E-state index contributed by atoms with van der Waals surface area (Å²) in [5, 5.41) is 0. The molecule has 90 valence electrons. The van der Waals surface area contributed by atoms with E-state index in [-0.39, 0.29) is 17.7 Å². The molecule has 1 aliphatic heterocycles. The van der Waals surface area contributed by atoms with Gasteiger partial charge in [-0.2, -0.15) is 0 Å². The first-order chi connectivity index (χ1) is 8.13. The lowest BCUT2D eigenvalue weighted by Gasteiger charge is -2.18. The largest absolute Gasteiger partial charge is 0.492 e. The van der Waals surface area contributed by atoms with E-state index in [1.54, 1.807) is 25.1 Å². The highest BCUT2D eigenvalue weighted by atomic mass is 16.5. The Bertz CT molecular complexity index is 464. The van der Waals surface area contributed by atoms with Crippen LogP contribution in [0.2, 0.25) is 0 Å². The molecule has 0 bridgehead atoms. The Labute approximate surface area is 99.5 Å². The van der Waals surface area contributed by atoms with Crippen LogP contribution in [0.1, 0.15) is 35.2 Å². The van der Waals surface area contributed by atoms with E-state index in [0.29, 0.717) is 24.3 Å². The fourth-order valence-electron chi connectivity index (χ4n) is 1.86. The van der Waals surface area contributed by atoms with Crippen LogP contribution >= 0.6 is 0 Å². The van der Waals surface area contributed by atoms with Gasteiger partial charge >= 0.3 is 5.97 Å². The molecular weight excluding hydrogens is 220 g/mol. The molecule has 0 saturated heterocycles. The molecule has 4 heteroatoms. The number of fused-ring (bicyclic) bond motifs is 1. The summed E-state index contributed by atoms with van der Waals surface area (Å²) in [5.41, 5.74) is 1.39. The number of Topliss-reactive ketones (excluding diaryl/α,β-unsaturated/α-hetero) is 1. The number of hydrogen-bond acceptors (Lipinski definition) is 4. The molecule has 1 aromatic rings.